The minimum Gasteiger partial charge on any atom is -0.493 e. The highest BCUT2D eigenvalue weighted by Gasteiger charge is 2.22. The molecule has 1 aliphatic carbocycles. The van der Waals surface area contributed by atoms with Crippen LogP contribution in [-0.2, 0) is 4.79 Å². The third kappa shape index (κ3) is 3.95. The lowest BCUT2D eigenvalue weighted by Gasteiger charge is -2.29. The molecule has 0 aliphatic heterocycles. The van der Waals surface area contributed by atoms with Crippen molar-refractivity contribution in [3.05, 3.63) is 35.6 Å². The summed E-state index contributed by atoms with van der Waals surface area (Å²) >= 11 is 0. The Hall–Kier alpha value is -2.23. The van der Waals surface area contributed by atoms with Gasteiger partial charge < -0.3 is 14.5 Å². The van der Waals surface area contributed by atoms with Crippen LogP contribution < -0.4 is 10.1 Å². The van der Waals surface area contributed by atoms with Crippen molar-refractivity contribution in [2.75, 3.05) is 6.61 Å². The summed E-state index contributed by atoms with van der Waals surface area (Å²) in [7, 11) is 0. The molecule has 1 aromatic carbocycles. The Bertz CT molecular complexity index is 818. The van der Waals surface area contributed by atoms with Crippen molar-refractivity contribution in [3.63, 3.8) is 0 Å². The first kappa shape index (κ1) is 18.6. The predicted molar refractivity (Wildman–Crippen MR) is 105 cm³/mol. The number of carbonyl (C=O) groups excluding carboxylic acids is 1. The zero-order chi connectivity index (χ0) is 18.7. The highest BCUT2D eigenvalue weighted by molar-refractivity contribution is 5.97. The van der Waals surface area contributed by atoms with Crippen LogP contribution in [0.25, 0.3) is 16.5 Å². The van der Waals surface area contributed by atoms with Crippen LogP contribution in [0.5, 0.6) is 5.75 Å². The number of ether oxygens (including phenoxy) is 1. The summed E-state index contributed by atoms with van der Waals surface area (Å²) in [6, 6.07) is 4.26. The maximum Gasteiger partial charge on any atom is 0.244 e. The molecule has 140 valence electrons. The zero-order valence-corrected chi connectivity index (χ0v) is 16.2. The number of benzene rings is 1. The van der Waals surface area contributed by atoms with Crippen molar-refractivity contribution in [1.29, 1.82) is 0 Å². The molecule has 1 aliphatic rings. The Morgan fingerprint density at radius 3 is 2.85 bits per heavy atom. The number of hydrogen-bond acceptors (Lipinski definition) is 3. The van der Waals surface area contributed by atoms with Gasteiger partial charge in [-0.25, -0.2) is 0 Å². The van der Waals surface area contributed by atoms with Gasteiger partial charge in [0.2, 0.25) is 5.91 Å². The van der Waals surface area contributed by atoms with Gasteiger partial charge in [-0.3, -0.25) is 4.79 Å². The van der Waals surface area contributed by atoms with Crippen molar-refractivity contribution in [2.24, 2.45) is 5.92 Å². The fourth-order valence-electron chi connectivity index (χ4n) is 3.79. The van der Waals surface area contributed by atoms with Gasteiger partial charge in [0.05, 0.1) is 12.9 Å². The second kappa shape index (κ2) is 7.98. The number of nitrogens with one attached hydrogen (secondary N) is 1. The summed E-state index contributed by atoms with van der Waals surface area (Å²) in [4.78, 5) is 12.5. The van der Waals surface area contributed by atoms with Crippen LogP contribution in [0.2, 0.25) is 0 Å². The smallest absolute Gasteiger partial charge is 0.244 e. The Labute approximate surface area is 155 Å². The molecule has 1 N–H and O–H groups in total. The molecule has 1 heterocycles. The molecule has 2 unspecified atom stereocenters. The fourth-order valence-corrected chi connectivity index (χ4v) is 3.79. The molecule has 1 fully saturated rings. The van der Waals surface area contributed by atoms with Crippen molar-refractivity contribution in [3.8, 4) is 5.75 Å². The minimum absolute atomic E-state index is 0.0206. The molecule has 0 radical (unpaired) electrons. The number of fused-ring (bicyclic) bond motifs is 1. The molecule has 0 spiro atoms. The van der Waals surface area contributed by atoms with Crippen LogP contribution in [0.1, 0.15) is 57.6 Å². The van der Waals surface area contributed by atoms with E-state index in [0.717, 1.165) is 39.8 Å². The van der Waals surface area contributed by atoms with E-state index in [9.17, 15) is 4.79 Å². The van der Waals surface area contributed by atoms with Crippen LogP contribution >= 0.6 is 0 Å². The van der Waals surface area contributed by atoms with Gasteiger partial charge in [-0.1, -0.05) is 19.8 Å². The molecule has 2 aromatic rings. The summed E-state index contributed by atoms with van der Waals surface area (Å²) in [6.45, 7) is 8.73. The molecule has 1 amide bonds. The van der Waals surface area contributed by atoms with E-state index in [1.165, 1.54) is 19.3 Å². The maximum atomic E-state index is 12.5. The summed E-state index contributed by atoms with van der Waals surface area (Å²) < 4.78 is 11.4. The minimum atomic E-state index is -0.0206. The van der Waals surface area contributed by atoms with Gasteiger partial charge in [-0.15, -0.1) is 0 Å². The standard InChI is InChI=1S/C22H29NO3/c1-5-25-20-12-21-18(16(4)13-26-21)11-17(20)15(3)10-22(24)23-19-9-7-6-8-14(19)2/h10-14,19H,5-9H2,1-4H3,(H,23,24)/b15-10+. The van der Waals surface area contributed by atoms with Crippen molar-refractivity contribution in [1.82, 2.24) is 5.32 Å². The molecular formula is C22H29NO3. The van der Waals surface area contributed by atoms with Gasteiger partial charge in [0.1, 0.15) is 11.3 Å². The third-order valence-electron chi connectivity index (χ3n) is 5.38. The van der Waals surface area contributed by atoms with Crippen molar-refractivity contribution in [2.45, 2.75) is 59.4 Å². The van der Waals surface area contributed by atoms with Gasteiger partial charge in [0.25, 0.3) is 0 Å². The molecule has 3 rings (SSSR count). The number of hydrogen-bond donors (Lipinski definition) is 1. The molecule has 26 heavy (non-hydrogen) atoms. The van der Waals surface area contributed by atoms with E-state index >= 15 is 0 Å². The van der Waals surface area contributed by atoms with Crippen LogP contribution in [0.3, 0.4) is 0 Å². The average Bonchev–Trinajstić information content (AvgIpc) is 2.97. The van der Waals surface area contributed by atoms with Gasteiger partial charge in [-0.05, 0) is 56.7 Å². The number of amides is 1. The molecule has 2 atom stereocenters. The predicted octanol–water partition coefficient (Wildman–Crippen LogP) is 5.24. The Kier molecular flexibility index (Phi) is 5.70. The Morgan fingerprint density at radius 2 is 2.12 bits per heavy atom. The third-order valence-corrected chi connectivity index (χ3v) is 5.38. The van der Waals surface area contributed by atoms with E-state index < -0.39 is 0 Å². The van der Waals surface area contributed by atoms with Crippen molar-refractivity contribution >= 4 is 22.4 Å². The average molecular weight is 355 g/mol. The highest BCUT2D eigenvalue weighted by Crippen LogP contribution is 2.33. The normalized spacial score (nSPS) is 21.0. The van der Waals surface area contributed by atoms with Crippen molar-refractivity contribution < 1.29 is 13.9 Å². The second-order valence-corrected chi connectivity index (χ2v) is 7.40. The first-order valence-corrected chi connectivity index (χ1v) is 9.63. The number of rotatable bonds is 5. The van der Waals surface area contributed by atoms with E-state index in [2.05, 4.69) is 18.3 Å². The van der Waals surface area contributed by atoms with E-state index in [4.69, 9.17) is 9.15 Å². The monoisotopic (exact) mass is 355 g/mol. The van der Waals surface area contributed by atoms with Crippen LogP contribution in [0.15, 0.2) is 28.9 Å². The number of allylic oxidation sites excluding steroid dienone is 1. The second-order valence-electron chi connectivity index (χ2n) is 7.40. The fraction of sp³-hybridized carbons (Fsp3) is 0.500. The van der Waals surface area contributed by atoms with Gasteiger partial charge in [0, 0.05) is 29.1 Å². The number of furan rings is 1. The zero-order valence-electron chi connectivity index (χ0n) is 16.2. The van der Waals surface area contributed by atoms with Gasteiger partial charge in [-0.2, -0.15) is 0 Å². The summed E-state index contributed by atoms with van der Waals surface area (Å²) in [5, 5.41) is 4.24. The van der Waals surface area contributed by atoms with E-state index in [0.29, 0.717) is 12.5 Å². The van der Waals surface area contributed by atoms with Gasteiger partial charge in [0.15, 0.2) is 0 Å². The van der Waals surface area contributed by atoms with Crippen LogP contribution in [0, 0.1) is 12.8 Å². The van der Waals surface area contributed by atoms with E-state index in [1.807, 2.05) is 26.8 Å². The highest BCUT2D eigenvalue weighted by atomic mass is 16.5. The number of aryl methyl sites for hydroxylation is 1. The Balaban J connectivity index is 1.86. The largest absolute Gasteiger partial charge is 0.493 e. The molecule has 0 saturated heterocycles. The summed E-state index contributed by atoms with van der Waals surface area (Å²) in [6.07, 6.45) is 8.18. The Morgan fingerprint density at radius 1 is 1.35 bits per heavy atom. The van der Waals surface area contributed by atoms with Gasteiger partial charge >= 0.3 is 0 Å². The lowest BCUT2D eigenvalue weighted by Crippen LogP contribution is -2.40. The van der Waals surface area contributed by atoms with Crippen LogP contribution in [-0.4, -0.2) is 18.6 Å². The molecule has 4 nitrogen and oxygen atoms in total. The molecular weight excluding hydrogens is 326 g/mol. The molecule has 0 bridgehead atoms. The first-order chi connectivity index (χ1) is 12.5. The molecule has 4 heteroatoms. The topological polar surface area (TPSA) is 51.5 Å². The molecule has 1 saturated carbocycles. The first-order valence-electron chi connectivity index (χ1n) is 9.63. The number of carbonyl (C=O) groups is 1. The lowest BCUT2D eigenvalue weighted by atomic mass is 9.86. The quantitative estimate of drug-likeness (QED) is 0.746. The maximum absolute atomic E-state index is 12.5. The van der Waals surface area contributed by atoms with Crippen LogP contribution in [0.4, 0.5) is 0 Å². The molecule has 1 aromatic heterocycles. The van der Waals surface area contributed by atoms with E-state index in [1.54, 1.807) is 12.3 Å². The van der Waals surface area contributed by atoms with E-state index in [-0.39, 0.29) is 11.9 Å². The SMILES string of the molecule is CCOc1cc2occ(C)c2cc1/C(C)=C/C(=O)NC1CCCCC1C. The summed E-state index contributed by atoms with van der Waals surface area (Å²) in [5.41, 5.74) is 3.73. The lowest BCUT2D eigenvalue weighted by molar-refractivity contribution is -0.117. The summed E-state index contributed by atoms with van der Waals surface area (Å²) in [5.74, 6) is 1.28.